The Balaban J connectivity index is 1.87. The van der Waals surface area contributed by atoms with Gasteiger partial charge < -0.3 is 14.2 Å². The predicted molar refractivity (Wildman–Crippen MR) is 136 cm³/mol. The van der Waals surface area contributed by atoms with E-state index in [-0.39, 0.29) is 11.6 Å². The number of alkyl halides is 16. The van der Waals surface area contributed by atoms with Gasteiger partial charge in [-0.25, -0.2) is 23.8 Å². The highest BCUT2D eigenvalue weighted by Gasteiger charge is 2.85. The molecule has 286 valence electrons. The van der Waals surface area contributed by atoms with Crippen LogP contribution in [-0.4, -0.2) is 85.0 Å². The number of benzene rings is 1. The lowest BCUT2D eigenvalue weighted by molar-refractivity contribution is -0.543. The van der Waals surface area contributed by atoms with Crippen molar-refractivity contribution >= 4 is 0 Å². The van der Waals surface area contributed by atoms with E-state index in [1.165, 1.54) is 41.4 Å². The number of rotatable bonds is 21. The molecule has 2 rings (SSSR count). The zero-order valence-corrected chi connectivity index (χ0v) is 25.2. The van der Waals surface area contributed by atoms with Crippen LogP contribution >= 0.6 is 0 Å². The van der Waals surface area contributed by atoms with Crippen molar-refractivity contribution in [3.8, 4) is 22.9 Å². The molecule has 1 aromatic carbocycles. The third-order valence-corrected chi connectivity index (χ3v) is 6.00. The van der Waals surface area contributed by atoms with E-state index in [4.69, 9.17) is 9.47 Å². The highest BCUT2D eigenvalue weighted by Crippen LogP contribution is 2.56. The molecule has 23 heteroatoms. The Morgan fingerprint density at radius 2 is 1.18 bits per heavy atom. The first-order valence-electron chi connectivity index (χ1n) is 13.9. The summed E-state index contributed by atoms with van der Waals surface area (Å²) in [6.07, 6.45) is -30.9. The number of unbranched alkanes of at least 4 members (excludes halogenated alkanes) is 3. The number of ether oxygens (including phenoxy) is 5. The van der Waals surface area contributed by atoms with Crippen molar-refractivity contribution in [2.45, 2.75) is 81.2 Å². The number of nitrogens with zero attached hydrogens (tertiary/aromatic N) is 2. The molecule has 1 aromatic heterocycles. The molecular formula is C27H26F16N2O5. The van der Waals surface area contributed by atoms with E-state index in [0.29, 0.717) is 17.9 Å². The molecule has 7 nitrogen and oxygen atoms in total. The van der Waals surface area contributed by atoms with E-state index in [9.17, 15) is 70.2 Å². The maximum Gasteiger partial charge on any atom is 0.460 e. The van der Waals surface area contributed by atoms with Gasteiger partial charge in [-0.2, -0.15) is 65.9 Å². The second-order valence-electron chi connectivity index (χ2n) is 10.1. The predicted octanol–water partition coefficient (Wildman–Crippen LogP) is 9.07. The van der Waals surface area contributed by atoms with Gasteiger partial charge >= 0.3 is 42.5 Å². The maximum absolute atomic E-state index is 14.0. The van der Waals surface area contributed by atoms with E-state index >= 15 is 0 Å². The lowest BCUT2D eigenvalue weighted by Gasteiger charge is -2.36. The van der Waals surface area contributed by atoms with Crippen molar-refractivity contribution in [2.75, 3.05) is 26.4 Å². The molecule has 0 N–H and O–H groups in total. The Labute approximate surface area is 271 Å². The number of halogens is 16. The molecular weight excluding hydrogens is 736 g/mol. The SMILES string of the molecule is CCCCCCOc1cnc(-c2ccc(OC[C@H](F)COCC(F)(F)OC(F)(F)C(F)(F)OC(F)(F)C(F)(F)C(F)(F)C(F)(F)F)cc2)nc1. The lowest BCUT2D eigenvalue weighted by Crippen LogP contribution is -2.64. The summed E-state index contributed by atoms with van der Waals surface area (Å²) in [5, 5.41) is 0. The monoisotopic (exact) mass is 762 g/mol. The normalized spacial score (nSPS) is 14.5. The second-order valence-corrected chi connectivity index (χ2v) is 10.1. The van der Waals surface area contributed by atoms with Crippen molar-refractivity contribution in [1.82, 2.24) is 9.97 Å². The van der Waals surface area contributed by atoms with Crippen LogP contribution in [0.3, 0.4) is 0 Å². The van der Waals surface area contributed by atoms with Crippen LogP contribution in [0.2, 0.25) is 0 Å². The van der Waals surface area contributed by atoms with Gasteiger partial charge in [0.25, 0.3) is 0 Å². The Kier molecular flexibility index (Phi) is 14.0. The fraction of sp³-hybridized carbons (Fsp3) is 0.630. The fourth-order valence-electron chi connectivity index (χ4n) is 3.42. The van der Waals surface area contributed by atoms with Crippen LogP contribution in [-0.2, 0) is 14.2 Å². The first kappa shape index (κ1) is 42.8. The molecule has 0 saturated carbocycles. The van der Waals surface area contributed by atoms with E-state index in [2.05, 4.69) is 26.4 Å². The summed E-state index contributed by atoms with van der Waals surface area (Å²) in [7, 11) is 0. The van der Waals surface area contributed by atoms with Gasteiger partial charge in [0, 0.05) is 5.56 Å². The van der Waals surface area contributed by atoms with E-state index in [0.717, 1.165) is 25.7 Å². The summed E-state index contributed by atoms with van der Waals surface area (Å²) in [5.74, 6) is -15.1. The minimum absolute atomic E-state index is 0.00865. The molecule has 50 heavy (non-hydrogen) atoms. The van der Waals surface area contributed by atoms with Crippen LogP contribution in [0, 0.1) is 0 Å². The average molecular weight is 762 g/mol. The van der Waals surface area contributed by atoms with Gasteiger partial charge in [-0.3, -0.25) is 0 Å². The van der Waals surface area contributed by atoms with Crippen LogP contribution in [0.1, 0.15) is 32.6 Å². The molecule has 1 heterocycles. The number of hydrogen-bond donors (Lipinski definition) is 0. The van der Waals surface area contributed by atoms with Crippen LogP contribution < -0.4 is 9.47 Å². The smallest absolute Gasteiger partial charge is 0.460 e. The van der Waals surface area contributed by atoms with Crippen LogP contribution in [0.4, 0.5) is 70.2 Å². The maximum atomic E-state index is 14.0. The van der Waals surface area contributed by atoms with Gasteiger partial charge in [0.1, 0.15) is 19.0 Å². The van der Waals surface area contributed by atoms with Crippen LogP contribution in [0.25, 0.3) is 11.4 Å². The van der Waals surface area contributed by atoms with Crippen LogP contribution in [0.5, 0.6) is 11.5 Å². The fourth-order valence-corrected chi connectivity index (χ4v) is 3.42. The minimum Gasteiger partial charge on any atom is -0.490 e. The van der Waals surface area contributed by atoms with E-state index in [1.807, 2.05) is 0 Å². The topological polar surface area (TPSA) is 71.9 Å². The Morgan fingerprint density at radius 1 is 0.620 bits per heavy atom. The molecule has 0 aliphatic heterocycles. The standard InChI is InChI=1S/C27H26F16N2O5/c1-2-3-4-5-10-47-19-11-44-20(45-12-19)16-6-8-18(9-7-16)48-14-17(28)13-46-15-21(29,30)49-26(40,41)27(42,43)50-25(38,39)23(33,34)22(31,32)24(35,36)37/h6-9,11-12,17H,2-5,10,13-15H2,1H3/t17-/m1/s1. The highest BCUT2D eigenvalue weighted by atomic mass is 19.4. The molecule has 0 amide bonds. The Hall–Kier alpha value is -3.34. The van der Waals surface area contributed by atoms with E-state index < -0.39 is 68.4 Å². The summed E-state index contributed by atoms with van der Waals surface area (Å²) < 4.78 is 228. The molecule has 0 saturated heterocycles. The van der Waals surface area contributed by atoms with Gasteiger partial charge in [-0.1, -0.05) is 26.2 Å². The first-order chi connectivity index (χ1) is 22.8. The Bertz CT molecular complexity index is 1330. The Morgan fingerprint density at radius 3 is 1.72 bits per heavy atom. The number of aromatic nitrogens is 2. The van der Waals surface area contributed by atoms with Gasteiger partial charge in [0.15, 0.2) is 17.7 Å². The van der Waals surface area contributed by atoms with Crippen molar-refractivity contribution in [3.05, 3.63) is 36.7 Å². The zero-order chi connectivity index (χ0) is 38.2. The largest absolute Gasteiger partial charge is 0.490 e. The third-order valence-electron chi connectivity index (χ3n) is 6.00. The summed E-state index contributed by atoms with van der Waals surface area (Å²) in [6.45, 7) is -2.33. The van der Waals surface area contributed by atoms with E-state index in [1.54, 1.807) is 0 Å². The third kappa shape index (κ3) is 11.1. The second kappa shape index (κ2) is 16.3. The molecule has 0 aliphatic carbocycles. The molecule has 2 aromatic rings. The van der Waals surface area contributed by atoms with Gasteiger partial charge in [-0.05, 0) is 30.7 Å². The van der Waals surface area contributed by atoms with Crippen molar-refractivity contribution in [1.29, 1.82) is 0 Å². The highest BCUT2D eigenvalue weighted by molar-refractivity contribution is 5.56. The van der Waals surface area contributed by atoms with Gasteiger partial charge in [0.2, 0.25) is 0 Å². The minimum atomic E-state index is -7.97. The first-order valence-corrected chi connectivity index (χ1v) is 13.9. The summed E-state index contributed by atoms with van der Waals surface area (Å²) in [5.41, 5.74) is 0.485. The van der Waals surface area contributed by atoms with Gasteiger partial charge in [0.05, 0.1) is 25.6 Å². The quantitative estimate of drug-likeness (QED) is 0.0929. The molecule has 0 radical (unpaired) electrons. The van der Waals surface area contributed by atoms with Crippen molar-refractivity contribution in [3.63, 3.8) is 0 Å². The molecule has 0 bridgehead atoms. The summed E-state index contributed by atoms with van der Waals surface area (Å²) >= 11 is 0. The molecule has 0 fully saturated rings. The zero-order valence-electron chi connectivity index (χ0n) is 25.2. The molecule has 1 atom stereocenters. The lowest BCUT2D eigenvalue weighted by atomic mass is 10.1. The van der Waals surface area contributed by atoms with Gasteiger partial charge in [-0.15, -0.1) is 0 Å². The molecule has 0 unspecified atom stereocenters. The number of hydrogen-bond acceptors (Lipinski definition) is 7. The molecule has 0 spiro atoms. The average Bonchev–Trinajstić information content (AvgIpc) is 2.98. The molecule has 0 aliphatic rings. The summed E-state index contributed by atoms with van der Waals surface area (Å²) in [6, 6.07) is 5.55. The van der Waals surface area contributed by atoms with Crippen molar-refractivity contribution < 1.29 is 93.9 Å². The van der Waals surface area contributed by atoms with Crippen molar-refractivity contribution in [2.24, 2.45) is 0 Å². The summed E-state index contributed by atoms with van der Waals surface area (Å²) in [4.78, 5) is 8.30. The van der Waals surface area contributed by atoms with Crippen LogP contribution in [0.15, 0.2) is 36.7 Å².